The first kappa shape index (κ1) is 13.7. The van der Waals surface area contributed by atoms with Crippen LogP contribution in [-0.2, 0) is 9.53 Å². The second-order valence-corrected chi connectivity index (χ2v) is 4.65. The van der Waals surface area contributed by atoms with Crippen molar-refractivity contribution in [3.05, 3.63) is 33.3 Å². The van der Waals surface area contributed by atoms with Crippen molar-refractivity contribution in [2.24, 2.45) is 11.7 Å². The fraction of sp³-hybridized carbons (Fsp3) is 0.364. The highest BCUT2D eigenvalue weighted by Gasteiger charge is 2.32. The maximum atomic E-state index is 12.0. The Hall–Kier alpha value is -1.70. The molecule has 0 aromatic heterocycles. The first-order valence-corrected chi connectivity index (χ1v) is 5.95. The van der Waals surface area contributed by atoms with E-state index in [9.17, 15) is 14.9 Å². The Balaban J connectivity index is 2.20. The van der Waals surface area contributed by atoms with E-state index in [1.165, 1.54) is 18.2 Å². The van der Waals surface area contributed by atoms with Crippen LogP contribution in [0.25, 0.3) is 0 Å². The molecule has 1 aromatic carbocycles. The number of rotatable bonds is 3. The zero-order chi connectivity index (χ0) is 14.0. The minimum absolute atomic E-state index is 0.0570. The monoisotopic (exact) mass is 285 g/mol. The molecule has 1 aliphatic rings. The average molecular weight is 286 g/mol. The summed E-state index contributed by atoms with van der Waals surface area (Å²) in [4.78, 5) is 22.3. The molecule has 0 spiro atoms. The third-order valence-electron chi connectivity index (χ3n) is 2.87. The highest BCUT2D eigenvalue weighted by molar-refractivity contribution is 6.31. The molecule has 102 valence electrons. The number of nitrogens with zero attached hydrogens (tertiary/aromatic N) is 1. The number of carbonyl (C=O) groups is 1. The lowest BCUT2D eigenvalue weighted by Crippen LogP contribution is -2.37. The summed E-state index contributed by atoms with van der Waals surface area (Å²) < 4.78 is 5.08. The molecule has 0 bridgehead atoms. The topological polar surface area (TPSA) is 107 Å². The Labute approximate surface area is 113 Å². The SMILES string of the molecule is NC1COCC1C(=O)Nc1cc(Cl)ccc1[N+](=O)[O-]. The van der Waals surface area contributed by atoms with E-state index in [0.717, 1.165) is 0 Å². The molecule has 0 radical (unpaired) electrons. The third kappa shape index (κ3) is 3.01. The normalized spacial score (nSPS) is 22.2. The van der Waals surface area contributed by atoms with Crippen LogP contribution in [0.3, 0.4) is 0 Å². The molecule has 3 N–H and O–H groups in total. The van der Waals surface area contributed by atoms with Gasteiger partial charge in [0.15, 0.2) is 0 Å². The smallest absolute Gasteiger partial charge is 0.292 e. The van der Waals surface area contributed by atoms with Crippen molar-refractivity contribution in [2.75, 3.05) is 18.5 Å². The van der Waals surface area contributed by atoms with Gasteiger partial charge in [0.05, 0.1) is 24.1 Å². The molecule has 1 aromatic rings. The maximum Gasteiger partial charge on any atom is 0.292 e. The van der Waals surface area contributed by atoms with Gasteiger partial charge >= 0.3 is 0 Å². The first-order valence-electron chi connectivity index (χ1n) is 5.57. The second-order valence-electron chi connectivity index (χ2n) is 4.22. The van der Waals surface area contributed by atoms with Gasteiger partial charge in [-0.3, -0.25) is 14.9 Å². The molecule has 2 unspecified atom stereocenters. The Morgan fingerprint density at radius 3 is 2.84 bits per heavy atom. The Morgan fingerprint density at radius 1 is 1.53 bits per heavy atom. The third-order valence-corrected chi connectivity index (χ3v) is 3.11. The van der Waals surface area contributed by atoms with Gasteiger partial charge in [0.25, 0.3) is 5.69 Å². The lowest BCUT2D eigenvalue weighted by Gasteiger charge is -2.13. The fourth-order valence-electron chi connectivity index (χ4n) is 1.83. The molecule has 2 rings (SSSR count). The van der Waals surface area contributed by atoms with Crippen molar-refractivity contribution in [1.82, 2.24) is 0 Å². The Kier molecular flexibility index (Phi) is 3.98. The van der Waals surface area contributed by atoms with E-state index in [0.29, 0.717) is 11.6 Å². The van der Waals surface area contributed by atoms with Crippen LogP contribution in [0, 0.1) is 16.0 Å². The summed E-state index contributed by atoms with van der Waals surface area (Å²) in [5.41, 5.74) is 5.56. The summed E-state index contributed by atoms with van der Waals surface area (Å²) in [6, 6.07) is 3.56. The first-order chi connectivity index (χ1) is 8.99. The number of nitrogens with two attached hydrogens (primary N) is 1. The molecule has 7 nitrogen and oxygen atoms in total. The molecule has 8 heteroatoms. The lowest BCUT2D eigenvalue weighted by molar-refractivity contribution is -0.383. The summed E-state index contributed by atoms with van der Waals surface area (Å²) in [6.07, 6.45) is 0. The maximum absolute atomic E-state index is 12.0. The molecule has 1 saturated heterocycles. The van der Waals surface area contributed by atoms with Crippen LogP contribution in [0.15, 0.2) is 18.2 Å². The molecule has 1 fully saturated rings. The van der Waals surface area contributed by atoms with Crippen LogP contribution < -0.4 is 11.1 Å². The summed E-state index contributed by atoms with van der Waals surface area (Å²) in [5.74, 6) is -0.922. The number of ether oxygens (including phenoxy) is 1. The number of benzene rings is 1. The van der Waals surface area contributed by atoms with Crippen molar-refractivity contribution < 1.29 is 14.5 Å². The zero-order valence-corrected chi connectivity index (χ0v) is 10.6. The lowest BCUT2D eigenvalue weighted by atomic mass is 10.0. The highest BCUT2D eigenvalue weighted by atomic mass is 35.5. The average Bonchev–Trinajstić information content (AvgIpc) is 2.75. The summed E-state index contributed by atoms with van der Waals surface area (Å²) in [6.45, 7) is 0.511. The molecule has 19 heavy (non-hydrogen) atoms. The Bertz CT molecular complexity index is 523. The van der Waals surface area contributed by atoms with Gasteiger partial charge in [0, 0.05) is 17.1 Å². The number of anilines is 1. The van der Waals surface area contributed by atoms with Crippen molar-refractivity contribution in [1.29, 1.82) is 0 Å². The van der Waals surface area contributed by atoms with Crippen LogP contribution in [0.2, 0.25) is 5.02 Å². The van der Waals surface area contributed by atoms with Gasteiger partial charge in [0.2, 0.25) is 5.91 Å². The van der Waals surface area contributed by atoms with Gasteiger partial charge < -0.3 is 15.8 Å². The van der Waals surface area contributed by atoms with Gasteiger partial charge in [-0.25, -0.2) is 0 Å². The van der Waals surface area contributed by atoms with Crippen LogP contribution in [0.4, 0.5) is 11.4 Å². The molecular formula is C11H12ClN3O4. The second kappa shape index (κ2) is 5.52. The van der Waals surface area contributed by atoms with Crippen molar-refractivity contribution in [2.45, 2.75) is 6.04 Å². The summed E-state index contributed by atoms with van der Waals surface area (Å²) in [7, 11) is 0. The molecule has 0 saturated carbocycles. The van der Waals surface area contributed by atoms with Crippen molar-refractivity contribution in [3.63, 3.8) is 0 Å². The van der Waals surface area contributed by atoms with E-state index >= 15 is 0 Å². The number of hydrogen-bond acceptors (Lipinski definition) is 5. The number of nitrogens with one attached hydrogen (secondary N) is 1. The molecular weight excluding hydrogens is 274 g/mol. The van der Waals surface area contributed by atoms with Gasteiger partial charge in [-0.1, -0.05) is 11.6 Å². The quantitative estimate of drug-likeness (QED) is 0.640. The van der Waals surface area contributed by atoms with Gasteiger partial charge in [-0.2, -0.15) is 0 Å². The largest absolute Gasteiger partial charge is 0.379 e. The van der Waals surface area contributed by atoms with Gasteiger partial charge in [0.1, 0.15) is 5.69 Å². The minimum atomic E-state index is -0.586. The van der Waals surface area contributed by atoms with E-state index in [-0.39, 0.29) is 18.0 Å². The number of nitro benzene ring substituents is 1. The van der Waals surface area contributed by atoms with E-state index in [1.807, 2.05) is 0 Å². The van der Waals surface area contributed by atoms with Crippen molar-refractivity contribution >= 4 is 28.9 Å². The van der Waals surface area contributed by atoms with Gasteiger partial charge in [-0.15, -0.1) is 0 Å². The molecule has 1 amide bonds. The number of nitro groups is 1. The zero-order valence-electron chi connectivity index (χ0n) is 9.84. The summed E-state index contributed by atoms with van der Waals surface area (Å²) >= 11 is 5.77. The molecule has 1 aliphatic heterocycles. The fourth-order valence-corrected chi connectivity index (χ4v) is 2.01. The summed E-state index contributed by atoms with van der Waals surface area (Å²) in [5, 5.41) is 13.6. The Morgan fingerprint density at radius 2 is 2.26 bits per heavy atom. The van der Waals surface area contributed by atoms with Crippen LogP contribution in [-0.4, -0.2) is 30.1 Å². The molecule has 0 aliphatic carbocycles. The van der Waals surface area contributed by atoms with Crippen LogP contribution in [0.5, 0.6) is 0 Å². The van der Waals surface area contributed by atoms with Crippen LogP contribution >= 0.6 is 11.6 Å². The molecule has 1 heterocycles. The minimum Gasteiger partial charge on any atom is -0.379 e. The van der Waals surface area contributed by atoms with E-state index in [2.05, 4.69) is 5.32 Å². The number of carbonyl (C=O) groups excluding carboxylic acids is 1. The van der Waals surface area contributed by atoms with Gasteiger partial charge in [-0.05, 0) is 12.1 Å². The predicted molar refractivity (Wildman–Crippen MR) is 69.0 cm³/mol. The van der Waals surface area contributed by atoms with E-state index < -0.39 is 22.8 Å². The van der Waals surface area contributed by atoms with E-state index in [4.69, 9.17) is 22.1 Å². The molecule has 2 atom stereocenters. The number of hydrogen-bond donors (Lipinski definition) is 2. The van der Waals surface area contributed by atoms with Crippen molar-refractivity contribution in [3.8, 4) is 0 Å². The highest BCUT2D eigenvalue weighted by Crippen LogP contribution is 2.28. The van der Waals surface area contributed by atoms with E-state index in [1.54, 1.807) is 0 Å². The number of amides is 1. The standard InChI is InChI=1S/C11H12ClN3O4/c12-6-1-2-10(15(17)18)9(3-6)14-11(16)7-4-19-5-8(7)13/h1-3,7-8H,4-5,13H2,(H,14,16). The van der Waals surface area contributed by atoms with Crippen LogP contribution in [0.1, 0.15) is 0 Å². The number of halogens is 1. The predicted octanol–water partition coefficient (Wildman–Crippen LogP) is 1.16.